The molecule has 2 amide bonds. The average molecular weight is 638 g/mol. The van der Waals surface area contributed by atoms with Crippen LogP contribution in [0.1, 0.15) is 69.6 Å². The summed E-state index contributed by atoms with van der Waals surface area (Å²) >= 11 is 1.32. The number of carbonyl (C=O) groups is 2. The maximum absolute atomic E-state index is 13.5. The van der Waals surface area contributed by atoms with E-state index in [2.05, 4.69) is 50.2 Å². The maximum atomic E-state index is 13.5. The van der Waals surface area contributed by atoms with Crippen LogP contribution in [0.15, 0.2) is 47.3 Å². The average Bonchev–Trinajstić information content (AvgIpc) is 3.73. The monoisotopic (exact) mass is 637 g/mol. The van der Waals surface area contributed by atoms with Gasteiger partial charge in [0.15, 0.2) is 20.5 Å². The van der Waals surface area contributed by atoms with E-state index in [0.717, 1.165) is 34.3 Å². The summed E-state index contributed by atoms with van der Waals surface area (Å²) in [4.78, 5) is 38.5. The second-order valence-corrected chi connectivity index (χ2v) is 19.8. The molecule has 236 valence electrons. The van der Waals surface area contributed by atoms with Gasteiger partial charge in [-0.05, 0) is 81.6 Å². The van der Waals surface area contributed by atoms with Gasteiger partial charge < -0.3 is 23.0 Å². The van der Waals surface area contributed by atoms with Crippen LogP contribution in [0.3, 0.4) is 0 Å². The lowest BCUT2D eigenvalue weighted by molar-refractivity contribution is 0.0215. The number of carbonyl (C=O) groups excluding carboxylic acids is 2. The first-order valence-corrected chi connectivity index (χ1v) is 18.8. The third kappa shape index (κ3) is 7.08. The van der Waals surface area contributed by atoms with E-state index in [9.17, 15) is 9.59 Å². The molecule has 1 atom stereocenters. The van der Waals surface area contributed by atoms with Crippen LogP contribution < -0.4 is 5.32 Å². The fourth-order valence-electron chi connectivity index (χ4n) is 4.92. The largest absolute Gasteiger partial charge is 0.444 e. The van der Waals surface area contributed by atoms with Crippen LogP contribution in [-0.2, 0) is 22.3 Å². The highest BCUT2D eigenvalue weighted by molar-refractivity contribution is 7.17. The van der Waals surface area contributed by atoms with Gasteiger partial charge in [0.1, 0.15) is 5.60 Å². The molecule has 12 heteroatoms. The number of ether oxygens (including phenoxy) is 1. The lowest BCUT2D eigenvalue weighted by Gasteiger charge is -2.36. The number of hydrogen-bond donors (Lipinski definition) is 1. The lowest BCUT2D eigenvalue weighted by atomic mass is 10.2. The molecule has 44 heavy (non-hydrogen) atoms. The predicted octanol–water partition coefficient (Wildman–Crippen LogP) is 7.93. The highest BCUT2D eigenvalue weighted by Gasteiger charge is 2.37. The van der Waals surface area contributed by atoms with Crippen LogP contribution in [-0.4, -0.2) is 57.9 Å². The summed E-state index contributed by atoms with van der Waals surface area (Å²) in [6, 6.07) is 9.63. The van der Waals surface area contributed by atoms with Gasteiger partial charge in [-0.2, -0.15) is 0 Å². The SMILES string of the molecule is CC(C)(C)OC(=O)N1CCCC1Cn1c(NC(=O)c2ccc(-c3cnco3)s2)nc2cc(CO[Si](C)(C)C(C)(C)C)ccc21. The molecule has 0 radical (unpaired) electrons. The first kappa shape index (κ1) is 31.9. The number of imidazole rings is 1. The lowest BCUT2D eigenvalue weighted by Crippen LogP contribution is -2.41. The Kier molecular flexibility index (Phi) is 8.80. The topological polar surface area (TPSA) is 112 Å². The highest BCUT2D eigenvalue weighted by Crippen LogP contribution is 2.37. The standard InChI is InChI=1S/C32H43N5O5SSi/c1-31(2,3)42-30(39)36-15-9-10-22(36)18-37-24-12-11-21(19-41-44(7,8)32(4,5)6)16-23(24)34-29(37)35-28(38)27-14-13-26(43-27)25-17-33-20-40-25/h11-14,16-17,20,22H,9-10,15,18-19H2,1-8H3,(H,34,35,38). The van der Waals surface area contributed by atoms with Gasteiger partial charge in [0.05, 0.1) is 39.6 Å². The van der Waals surface area contributed by atoms with Crippen LogP contribution in [0.2, 0.25) is 18.1 Å². The molecule has 10 nitrogen and oxygen atoms in total. The van der Waals surface area contributed by atoms with Crippen molar-refractivity contribution >= 4 is 48.6 Å². The number of hydrogen-bond acceptors (Lipinski definition) is 8. The fourth-order valence-corrected chi connectivity index (χ4v) is 6.73. The van der Waals surface area contributed by atoms with Crippen LogP contribution in [0.5, 0.6) is 0 Å². The van der Waals surface area contributed by atoms with Crippen molar-refractivity contribution in [1.82, 2.24) is 19.4 Å². The van der Waals surface area contributed by atoms with Crippen molar-refractivity contribution in [2.24, 2.45) is 0 Å². The van der Waals surface area contributed by atoms with Crippen molar-refractivity contribution < 1.29 is 23.2 Å². The van der Waals surface area contributed by atoms with Gasteiger partial charge in [-0.1, -0.05) is 26.8 Å². The zero-order valence-corrected chi connectivity index (χ0v) is 28.7. The Bertz CT molecular complexity index is 1630. The summed E-state index contributed by atoms with van der Waals surface area (Å²) in [5.74, 6) is 0.768. The number of oxazole rings is 1. The molecule has 1 aliphatic heterocycles. The number of benzene rings is 1. The van der Waals surface area contributed by atoms with Gasteiger partial charge in [0, 0.05) is 13.1 Å². The summed E-state index contributed by atoms with van der Waals surface area (Å²) in [7, 11) is -1.94. The summed E-state index contributed by atoms with van der Waals surface area (Å²) in [5.41, 5.74) is 2.07. The molecule has 1 saturated heterocycles. The van der Waals surface area contributed by atoms with E-state index in [1.54, 1.807) is 17.2 Å². The molecular formula is C32H43N5O5SSi. The van der Waals surface area contributed by atoms with Crippen LogP contribution in [0.4, 0.5) is 10.7 Å². The Morgan fingerprint density at radius 3 is 2.59 bits per heavy atom. The summed E-state index contributed by atoms with van der Waals surface area (Å²) in [6.07, 6.45) is 4.38. The fraction of sp³-hybridized carbons (Fsp3) is 0.500. The van der Waals surface area contributed by atoms with Crippen LogP contribution in [0.25, 0.3) is 21.7 Å². The zero-order chi connectivity index (χ0) is 31.9. The van der Waals surface area contributed by atoms with E-state index in [0.29, 0.717) is 36.3 Å². The Morgan fingerprint density at radius 1 is 1.14 bits per heavy atom. The van der Waals surface area contributed by atoms with Crippen molar-refractivity contribution in [1.29, 1.82) is 0 Å². The van der Waals surface area contributed by atoms with E-state index in [1.165, 1.54) is 17.7 Å². The Hall–Kier alpha value is -3.48. The van der Waals surface area contributed by atoms with Crippen molar-refractivity contribution in [3.8, 4) is 10.6 Å². The number of aromatic nitrogens is 3. The second-order valence-electron chi connectivity index (χ2n) is 13.9. The van der Waals surface area contributed by atoms with Crippen molar-refractivity contribution in [3.63, 3.8) is 0 Å². The molecule has 4 aromatic rings. The van der Waals surface area contributed by atoms with E-state index in [4.69, 9.17) is 18.6 Å². The van der Waals surface area contributed by atoms with E-state index in [-0.39, 0.29) is 23.1 Å². The van der Waals surface area contributed by atoms with E-state index >= 15 is 0 Å². The molecule has 0 spiro atoms. The third-order valence-electron chi connectivity index (χ3n) is 8.35. The number of fused-ring (bicyclic) bond motifs is 1. The first-order valence-electron chi connectivity index (χ1n) is 15.0. The normalized spacial score (nSPS) is 16.1. The molecule has 3 aromatic heterocycles. The number of nitrogens with zero attached hydrogens (tertiary/aromatic N) is 4. The molecule has 0 aliphatic carbocycles. The van der Waals surface area contributed by atoms with Crippen LogP contribution >= 0.6 is 11.3 Å². The zero-order valence-electron chi connectivity index (χ0n) is 26.9. The predicted molar refractivity (Wildman–Crippen MR) is 175 cm³/mol. The Balaban J connectivity index is 1.44. The van der Waals surface area contributed by atoms with Crippen molar-refractivity contribution in [2.45, 2.75) is 97.3 Å². The molecule has 1 aromatic carbocycles. The van der Waals surface area contributed by atoms with Gasteiger partial charge in [-0.15, -0.1) is 11.3 Å². The number of likely N-dealkylation sites (tertiary alicyclic amines) is 1. The minimum atomic E-state index is -1.94. The Labute approximate surface area is 263 Å². The van der Waals surface area contributed by atoms with Gasteiger partial charge in [0.25, 0.3) is 5.91 Å². The molecule has 0 bridgehead atoms. The Morgan fingerprint density at radius 2 is 1.91 bits per heavy atom. The summed E-state index contributed by atoms with van der Waals surface area (Å²) in [5, 5.41) is 3.15. The molecule has 1 fully saturated rings. The molecule has 4 heterocycles. The van der Waals surface area contributed by atoms with Crippen molar-refractivity contribution in [2.75, 3.05) is 11.9 Å². The molecule has 1 aliphatic rings. The molecule has 0 saturated carbocycles. The maximum Gasteiger partial charge on any atom is 0.410 e. The van der Waals surface area contributed by atoms with Gasteiger partial charge in [-0.3, -0.25) is 10.1 Å². The summed E-state index contributed by atoms with van der Waals surface area (Å²) < 4.78 is 19.6. The number of rotatable bonds is 8. The second kappa shape index (κ2) is 12.1. The minimum absolute atomic E-state index is 0.0979. The van der Waals surface area contributed by atoms with Gasteiger partial charge in [0.2, 0.25) is 5.95 Å². The third-order valence-corrected chi connectivity index (χ3v) is 13.9. The number of thiophene rings is 1. The number of anilines is 1. The van der Waals surface area contributed by atoms with E-state index in [1.807, 2.05) is 43.5 Å². The molecular weight excluding hydrogens is 595 g/mol. The number of nitrogens with one attached hydrogen (secondary N) is 1. The summed E-state index contributed by atoms with van der Waals surface area (Å²) in [6.45, 7) is 18.4. The highest BCUT2D eigenvalue weighted by atomic mass is 32.1. The van der Waals surface area contributed by atoms with E-state index < -0.39 is 13.9 Å². The molecule has 5 rings (SSSR count). The van der Waals surface area contributed by atoms with Crippen molar-refractivity contribution in [3.05, 3.63) is 53.4 Å². The van der Waals surface area contributed by atoms with Gasteiger partial charge in [-0.25, -0.2) is 14.8 Å². The van der Waals surface area contributed by atoms with Crippen LogP contribution in [0, 0.1) is 0 Å². The smallest absolute Gasteiger partial charge is 0.410 e. The molecule has 1 N–H and O–H groups in total. The first-order chi connectivity index (χ1) is 20.6. The minimum Gasteiger partial charge on any atom is -0.444 e. The number of amides is 2. The van der Waals surface area contributed by atoms with Gasteiger partial charge >= 0.3 is 6.09 Å². The quantitative estimate of drug-likeness (QED) is 0.195. The molecule has 1 unspecified atom stereocenters.